The quantitative estimate of drug-likeness (QED) is 0.286. The van der Waals surface area contributed by atoms with E-state index in [1.54, 1.807) is 0 Å². The lowest BCUT2D eigenvalue weighted by Gasteiger charge is -2.18. The molecule has 1 aliphatic rings. The van der Waals surface area contributed by atoms with Gasteiger partial charge in [-0.3, -0.25) is 0 Å². The highest BCUT2D eigenvalue weighted by atomic mass is 16.3. The summed E-state index contributed by atoms with van der Waals surface area (Å²) in [6.07, 6.45) is 2.09. The molecule has 3 heterocycles. The van der Waals surface area contributed by atoms with Crippen LogP contribution in [0.5, 0.6) is 0 Å². The first kappa shape index (κ1) is 20.0. The highest BCUT2D eigenvalue weighted by molar-refractivity contribution is 6.13. The number of fused-ring (bicyclic) bond motifs is 4. The zero-order valence-corrected chi connectivity index (χ0v) is 19.9. The van der Waals surface area contributed by atoms with Gasteiger partial charge in [0.1, 0.15) is 18.2 Å². The van der Waals surface area contributed by atoms with Crippen LogP contribution < -0.4 is 9.47 Å². The Bertz CT molecular complexity index is 1560. The normalized spacial score (nSPS) is 14.9. The van der Waals surface area contributed by atoms with Crippen molar-refractivity contribution in [3.63, 3.8) is 0 Å². The molecule has 6 rings (SSSR count). The topological polar surface area (TPSA) is 20.3 Å². The van der Waals surface area contributed by atoms with Crippen molar-refractivity contribution >= 4 is 27.6 Å². The van der Waals surface area contributed by atoms with Crippen molar-refractivity contribution in [1.29, 1.82) is 0 Å². The Balaban J connectivity index is 1.62. The first-order valence-corrected chi connectivity index (χ1v) is 11.6. The predicted molar refractivity (Wildman–Crippen MR) is 137 cm³/mol. The van der Waals surface area contributed by atoms with E-state index in [9.17, 15) is 0 Å². The molecule has 0 unspecified atom stereocenters. The van der Waals surface area contributed by atoms with E-state index in [0.717, 1.165) is 45.3 Å². The van der Waals surface area contributed by atoms with Gasteiger partial charge in [0, 0.05) is 53.2 Å². The fourth-order valence-electron chi connectivity index (χ4n) is 5.64. The highest BCUT2D eigenvalue weighted by Gasteiger charge is 2.33. The van der Waals surface area contributed by atoms with E-state index < -0.39 is 0 Å². The van der Waals surface area contributed by atoms with E-state index in [1.165, 1.54) is 22.4 Å². The van der Waals surface area contributed by atoms with Crippen LogP contribution in [0.2, 0.25) is 0 Å². The number of pyridine rings is 1. The molecule has 5 aromatic rings. The molecule has 0 radical (unpaired) electrons. The predicted octanol–water partition coefficient (Wildman–Crippen LogP) is 6.78. The van der Waals surface area contributed by atoms with E-state index in [0.29, 0.717) is 0 Å². The summed E-state index contributed by atoms with van der Waals surface area (Å²) in [6.45, 7) is 7.84. The fourth-order valence-corrected chi connectivity index (χ4v) is 5.64. The first-order valence-electron chi connectivity index (χ1n) is 11.6. The number of hydrogen-bond donors (Lipinski definition) is 0. The molecule has 0 N–H and O–H groups in total. The average Bonchev–Trinajstić information content (AvgIpc) is 3.28. The van der Waals surface area contributed by atoms with Gasteiger partial charge in [-0.25, -0.2) is 4.57 Å². The van der Waals surface area contributed by atoms with E-state index in [1.807, 2.05) is 0 Å². The van der Waals surface area contributed by atoms with Crippen molar-refractivity contribution in [3.8, 4) is 22.4 Å². The van der Waals surface area contributed by atoms with Crippen molar-refractivity contribution in [2.45, 2.75) is 26.2 Å². The summed E-state index contributed by atoms with van der Waals surface area (Å²) < 4.78 is 8.88. The largest absolute Gasteiger partial charge is 0.454 e. The van der Waals surface area contributed by atoms with Crippen molar-refractivity contribution in [3.05, 3.63) is 84.1 Å². The maximum atomic E-state index is 6.72. The third-order valence-electron chi connectivity index (χ3n) is 7.27. The summed E-state index contributed by atoms with van der Waals surface area (Å²) in [7, 11) is 4.28. The summed E-state index contributed by atoms with van der Waals surface area (Å²) in [5, 5.41) is 2.33. The SMILES string of the molecule is Cc1ccc2c(oc3c(-c4ccc5c(c4)N(C)CC5(C)C)cccc32)c1-c1cccc[n+]1C. The highest BCUT2D eigenvalue weighted by Crippen LogP contribution is 2.44. The smallest absolute Gasteiger partial charge is 0.216 e. The zero-order valence-electron chi connectivity index (χ0n) is 19.9. The molecule has 1 aliphatic heterocycles. The Morgan fingerprint density at radius 2 is 1.73 bits per heavy atom. The number of benzene rings is 3. The fraction of sp³-hybridized carbons (Fsp3) is 0.233. The molecule has 164 valence electrons. The van der Waals surface area contributed by atoms with Crippen LogP contribution in [0.15, 0.2) is 77.3 Å². The molecular formula is C30H29N2O+. The second kappa shape index (κ2) is 6.95. The zero-order chi connectivity index (χ0) is 22.9. The Hall–Kier alpha value is -3.59. The van der Waals surface area contributed by atoms with Gasteiger partial charge >= 0.3 is 0 Å². The van der Waals surface area contributed by atoms with Crippen molar-refractivity contribution < 1.29 is 8.98 Å². The summed E-state index contributed by atoms with van der Waals surface area (Å²) >= 11 is 0. The number of rotatable bonds is 2. The van der Waals surface area contributed by atoms with E-state index >= 15 is 0 Å². The second-order valence-corrected chi connectivity index (χ2v) is 10.1. The molecule has 0 saturated carbocycles. The number of likely N-dealkylation sites (N-methyl/N-ethyl adjacent to an activating group) is 1. The summed E-state index contributed by atoms with van der Waals surface area (Å²) in [6, 6.07) is 24.1. The number of nitrogens with zero attached hydrogens (tertiary/aromatic N) is 2. The van der Waals surface area contributed by atoms with Gasteiger partial charge in [-0.05, 0) is 35.7 Å². The third-order valence-corrected chi connectivity index (χ3v) is 7.27. The average molecular weight is 434 g/mol. The number of furan rings is 1. The minimum absolute atomic E-state index is 0.172. The lowest BCUT2D eigenvalue weighted by Crippen LogP contribution is -2.30. The molecule has 2 aromatic heterocycles. The molecule has 0 spiro atoms. The molecule has 33 heavy (non-hydrogen) atoms. The summed E-state index contributed by atoms with van der Waals surface area (Å²) in [5.41, 5.74) is 10.7. The van der Waals surface area contributed by atoms with Gasteiger partial charge in [0.15, 0.2) is 6.20 Å². The van der Waals surface area contributed by atoms with Crippen molar-refractivity contribution in [2.75, 3.05) is 18.5 Å². The van der Waals surface area contributed by atoms with Crippen LogP contribution in [0, 0.1) is 6.92 Å². The Kier molecular flexibility index (Phi) is 4.22. The van der Waals surface area contributed by atoms with Crippen LogP contribution in [-0.2, 0) is 12.5 Å². The summed E-state index contributed by atoms with van der Waals surface area (Å²) in [4.78, 5) is 2.37. The maximum absolute atomic E-state index is 6.72. The van der Waals surface area contributed by atoms with Crippen LogP contribution in [0.1, 0.15) is 25.0 Å². The maximum Gasteiger partial charge on any atom is 0.216 e. The molecule has 0 fully saturated rings. The lowest BCUT2D eigenvalue weighted by molar-refractivity contribution is -0.660. The standard InChI is InChI=1S/C30H29N2O/c1-19-12-14-23-22-10-8-9-21(20-13-15-24-26(17-20)32(5)18-30(24,2)3)28(22)33-29(23)27(19)25-11-6-7-16-31(25)4/h6-17H,18H2,1-5H3/q+1. The Labute approximate surface area is 194 Å². The Morgan fingerprint density at radius 1 is 0.909 bits per heavy atom. The van der Waals surface area contributed by atoms with Gasteiger partial charge in [0.05, 0.1) is 5.56 Å². The molecule has 0 saturated heterocycles. The van der Waals surface area contributed by atoms with Crippen LogP contribution in [0.3, 0.4) is 0 Å². The number of aromatic nitrogens is 1. The third kappa shape index (κ3) is 2.92. The molecule has 0 aliphatic carbocycles. The molecule has 3 aromatic carbocycles. The van der Waals surface area contributed by atoms with Crippen LogP contribution in [0.4, 0.5) is 5.69 Å². The van der Waals surface area contributed by atoms with Gasteiger partial charge in [-0.15, -0.1) is 0 Å². The van der Waals surface area contributed by atoms with E-state index in [2.05, 4.69) is 117 Å². The molecule has 0 bridgehead atoms. The van der Waals surface area contributed by atoms with Gasteiger partial charge in [0.2, 0.25) is 5.69 Å². The number of anilines is 1. The van der Waals surface area contributed by atoms with Gasteiger partial charge in [-0.1, -0.05) is 56.3 Å². The minimum atomic E-state index is 0.172. The monoisotopic (exact) mass is 433 g/mol. The molecule has 3 nitrogen and oxygen atoms in total. The van der Waals surface area contributed by atoms with Crippen LogP contribution in [0.25, 0.3) is 44.3 Å². The molecule has 0 amide bonds. The number of aryl methyl sites for hydroxylation is 2. The number of hydrogen-bond acceptors (Lipinski definition) is 2. The lowest BCUT2D eigenvalue weighted by atomic mass is 9.86. The summed E-state index contributed by atoms with van der Waals surface area (Å²) in [5.74, 6) is 0. The minimum Gasteiger partial charge on any atom is -0.454 e. The van der Waals surface area contributed by atoms with Crippen molar-refractivity contribution in [2.24, 2.45) is 7.05 Å². The number of para-hydroxylation sites is 1. The van der Waals surface area contributed by atoms with E-state index in [4.69, 9.17) is 4.42 Å². The van der Waals surface area contributed by atoms with Crippen molar-refractivity contribution in [1.82, 2.24) is 0 Å². The molecule has 0 atom stereocenters. The Morgan fingerprint density at radius 3 is 2.55 bits per heavy atom. The first-order chi connectivity index (χ1) is 15.8. The van der Waals surface area contributed by atoms with Crippen LogP contribution in [-0.4, -0.2) is 13.6 Å². The molecule has 3 heteroatoms. The van der Waals surface area contributed by atoms with Gasteiger partial charge in [0.25, 0.3) is 0 Å². The van der Waals surface area contributed by atoms with E-state index in [-0.39, 0.29) is 5.41 Å². The molecular weight excluding hydrogens is 404 g/mol. The van der Waals surface area contributed by atoms with Crippen LogP contribution >= 0.6 is 0 Å². The second-order valence-electron chi connectivity index (χ2n) is 10.1. The van der Waals surface area contributed by atoms with Gasteiger partial charge in [-0.2, -0.15) is 0 Å². The van der Waals surface area contributed by atoms with Gasteiger partial charge < -0.3 is 9.32 Å².